The van der Waals surface area contributed by atoms with Gasteiger partial charge in [-0.3, -0.25) is 0 Å². The number of nitrogens with zero attached hydrogens (tertiary/aromatic N) is 2. The van der Waals surface area contributed by atoms with Crippen molar-refractivity contribution in [3.8, 4) is 0 Å². The fourth-order valence-corrected chi connectivity index (χ4v) is 5.72. The lowest BCUT2D eigenvalue weighted by molar-refractivity contribution is 0.0483. The Morgan fingerprint density at radius 3 is 2.08 bits per heavy atom. The van der Waals surface area contributed by atoms with Crippen LogP contribution in [0.2, 0.25) is 0 Å². The van der Waals surface area contributed by atoms with Gasteiger partial charge in [0.05, 0.1) is 0 Å². The van der Waals surface area contributed by atoms with Gasteiger partial charge < -0.3 is 9.80 Å². The van der Waals surface area contributed by atoms with E-state index in [1.165, 1.54) is 89.7 Å². The third-order valence-electron chi connectivity index (χ3n) is 7.87. The van der Waals surface area contributed by atoms with Crippen molar-refractivity contribution in [1.29, 1.82) is 0 Å². The van der Waals surface area contributed by atoms with Crippen LogP contribution in [0.3, 0.4) is 0 Å². The molecular formula is C24H38N2. The summed E-state index contributed by atoms with van der Waals surface area (Å²) in [7, 11) is 2.27. The molecule has 0 bridgehead atoms. The fraction of sp³-hybridized carbons (Fsp3) is 0.750. The predicted molar refractivity (Wildman–Crippen MR) is 111 cm³/mol. The van der Waals surface area contributed by atoms with Gasteiger partial charge in [-0.15, -0.1) is 0 Å². The molecule has 1 aromatic carbocycles. The minimum absolute atomic E-state index is 0.685. The second-order valence-electron chi connectivity index (χ2n) is 9.73. The Labute approximate surface area is 161 Å². The van der Waals surface area contributed by atoms with E-state index in [9.17, 15) is 0 Å². The van der Waals surface area contributed by atoms with E-state index < -0.39 is 0 Å². The number of hydrogen-bond acceptors (Lipinski definition) is 2. The standard InChI is InChI=1S/C24H38N2/c1-20-3-5-22(6-4-20)23-7-11-24(12-8-23)13-17-26(18-14-24)19-21-9-15-25(2)16-10-21/h3-6,21,23H,7-19H2,1-2H3. The molecule has 2 nitrogen and oxygen atoms in total. The van der Waals surface area contributed by atoms with Crippen molar-refractivity contribution in [3.05, 3.63) is 35.4 Å². The number of hydrogen-bond donors (Lipinski definition) is 0. The van der Waals surface area contributed by atoms with Gasteiger partial charge in [0, 0.05) is 6.54 Å². The van der Waals surface area contributed by atoms with E-state index in [1.807, 2.05) is 0 Å². The summed E-state index contributed by atoms with van der Waals surface area (Å²) in [5, 5.41) is 0. The minimum atomic E-state index is 0.685. The largest absolute Gasteiger partial charge is 0.306 e. The van der Waals surface area contributed by atoms with Crippen LogP contribution in [0.5, 0.6) is 0 Å². The molecule has 1 saturated carbocycles. The van der Waals surface area contributed by atoms with E-state index in [-0.39, 0.29) is 0 Å². The maximum absolute atomic E-state index is 2.80. The highest BCUT2D eigenvalue weighted by molar-refractivity contribution is 5.25. The van der Waals surface area contributed by atoms with Gasteiger partial charge in [0.1, 0.15) is 0 Å². The molecule has 0 radical (unpaired) electrons. The van der Waals surface area contributed by atoms with Gasteiger partial charge in [-0.05, 0) is 114 Å². The summed E-state index contributed by atoms with van der Waals surface area (Å²) in [4.78, 5) is 5.29. The average Bonchev–Trinajstić information content (AvgIpc) is 2.67. The van der Waals surface area contributed by atoms with Crippen molar-refractivity contribution in [1.82, 2.24) is 9.80 Å². The lowest BCUT2D eigenvalue weighted by Gasteiger charge is -2.47. The Morgan fingerprint density at radius 1 is 0.846 bits per heavy atom. The summed E-state index contributed by atoms with van der Waals surface area (Å²) in [5.74, 6) is 1.77. The molecule has 1 aliphatic carbocycles. The molecule has 3 fully saturated rings. The van der Waals surface area contributed by atoms with Crippen LogP contribution in [0.1, 0.15) is 68.4 Å². The quantitative estimate of drug-likeness (QED) is 0.747. The maximum atomic E-state index is 2.80. The van der Waals surface area contributed by atoms with Gasteiger partial charge in [-0.25, -0.2) is 0 Å². The Bertz CT molecular complexity index is 552. The van der Waals surface area contributed by atoms with Gasteiger partial charge in [0.15, 0.2) is 0 Å². The molecule has 2 saturated heterocycles. The smallest absolute Gasteiger partial charge is 0.00106 e. The first kappa shape index (κ1) is 18.5. The number of aryl methyl sites for hydroxylation is 1. The van der Waals surface area contributed by atoms with Crippen LogP contribution in [0.4, 0.5) is 0 Å². The van der Waals surface area contributed by atoms with Crippen molar-refractivity contribution >= 4 is 0 Å². The van der Waals surface area contributed by atoms with Gasteiger partial charge in [-0.1, -0.05) is 29.8 Å². The van der Waals surface area contributed by atoms with E-state index in [0.29, 0.717) is 5.41 Å². The lowest BCUT2D eigenvalue weighted by atomic mass is 9.64. The number of benzene rings is 1. The first-order chi connectivity index (χ1) is 12.6. The van der Waals surface area contributed by atoms with Crippen molar-refractivity contribution < 1.29 is 0 Å². The summed E-state index contributed by atoms with van der Waals surface area (Å²) in [5.41, 5.74) is 3.66. The normalized spacial score (nSPS) is 26.4. The first-order valence-corrected chi connectivity index (χ1v) is 11.1. The third-order valence-corrected chi connectivity index (χ3v) is 7.87. The Balaban J connectivity index is 1.24. The van der Waals surface area contributed by atoms with E-state index in [1.54, 1.807) is 5.56 Å². The van der Waals surface area contributed by atoms with Gasteiger partial charge >= 0.3 is 0 Å². The minimum Gasteiger partial charge on any atom is -0.306 e. The Hall–Kier alpha value is -0.860. The van der Waals surface area contributed by atoms with E-state index in [4.69, 9.17) is 0 Å². The summed E-state index contributed by atoms with van der Waals surface area (Å²) in [6, 6.07) is 9.34. The van der Waals surface area contributed by atoms with E-state index >= 15 is 0 Å². The van der Waals surface area contributed by atoms with E-state index in [0.717, 1.165) is 11.8 Å². The molecule has 0 atom stereocenters. The predicted octanol–water partition coefficient (Wildman–Crippen LogP) is 5.08. The molecule has 0 amide bonds. The number of piperidine rings is 2. The molecular weight excluding hydrogens is 316 g/mol. The van der Waals surface area contributed by atoms with Crippen LogP contribution in [0.25, 0.3) is 0 Å². The maximum Gasteiger partial charge on any atom is 0.00106 e. The summed E-state index contributed by atoms with van der Waals surface area (Å²) < 4.78 is 0. The molecule has 4 rings (SSSR count). The fourth-order valence-electron chi connectivity index (χ4n) is 5.72. The molecule has 2 heteroatoms. The van der Waals surface area contributed by atoms with Crippen molar-refractivity contribution in [2.45, 2.75) is 64.2 Å². The zero-order chi connectivity index (χ0) is 18.0. The van der Waals surface area contributed by atoms with Crippen molar-refractivity contribution in [3.63, 3.8) is 0 Å². The molecule has 0 N–H and O–H groups in total. The summed E-state index contributed by atoms with van der Waals surface area (Å²) in [6.45, 7) is 8.91. The highest BCUT2D eigenvalue weighted by atomic mass is 15.1. The zero-order valence-corrected chi connectivity index (χ0v) is 17.1. The first-order valence-electron chi connectivity index (χ1n) is 11.1. The average molecular weight is 355 g/mol. The van der Waals surface area contributed by atoms with Crippen LogP contribution >= 0.6 is 0 Å². The molecule has 0 aromatic heterocycles. The zero-order valence-electron chi connectivity index (χ0n) is 17.1. The van der Waals surface area contributed by atoms with Crippen LogP contribution in [-0.4, -0.2) is 49.6 Å². The molecule has 1 aromatic rings. The number of likely N-dealkylation sites (tertiary alicyclic amines) is 2. The van der Waals surface area contributed by atoms with Gasteiger partial charge in [0.25, 0.3) is 0 Å². The molecule has 2 heterocycles. The van der Waals surface area contributed by atoms with Crippen LogP contribution in [0.15, 0.2) is 24.3 Å². The molecule has 144 valence electrons. The molecule has 3 aliphatic rings. The molecule has 1 spiro atoms. The second kappa shape index (κ2) is 8.02. The van der Waals surface area contributed by atoms with Crippen LogP contribution in [-0.2, 0) is 0 Å². The highest BCUT2D eigenvalue weighted by Gasteiger charge is 2.38. The molecule has 26 heavy (non-hydrogen) atoms. The number of rotatable bonds is 3. The van der Waals surface area contributed by atoms with Gasteiger partial charge in [-0.2, -0.15) is 0 Å². The van der Waals surface area contributed by atoms with Crippen molar-refractivity contribution in [2.75, 3.05) is 39.8 Å². The Morgan fingerprint density at radius 2 is 1.46 bits per heavy atom. The van der Waals surface area contributed by atoms with E-state index in [2.05, 4.69) is 48.0 Å². The topological polar surface area (TPSA) is 6.48 Å². The van der Waals surface area contributed by atoms with Crippen molar-refractivity contribution in [2.24, 2.45) is 11.3 Å². The third kappa shape index (κ3) is 4.34. The SMILES string of the molecule is Cc1ccc(C2CCC3(CC2)CCN(CC2CCN(C)CC2)CC3)cc1. The summed E-state index contributed by atoms with van der Waals surface area (Å²) >= 11 is 0. The van der Waals surface area contributed by atoms with Crippen LogP contribution in [0, 0.1) is 18.3 Å². The highest BCUT2D eigenvalue weighted by Crippen LogP contribution is 2.49. The van der Waals surface area contributed by atoms with Gasteiger partial charge in [0.2, 0.25) is 0 Å². The Kier molecular flexibility index (Phi) is 5.71. The molecule has 0 unspecified atom stereocenters. The monoisotopic (exact) mass is 354 g/mol. The summed E-state index contributed by atoms with van der Waals surface area (Å²) in [6.07, 6.45) is 11.5. The molecule has 2 aliphatic heterocycles. The van der Waals surface area contributed by atoms with Crippen LogP contribution < -0.4 is 0 Å². The second-order valence-corrected chi connectivity index (χ2v) is 9.73. The lowest BCUT2D eigenvalue weighted by Crippen LogP contribution is -2.44.